The minimum Gasteiger partial charge on any atom is -0.341 e. The van der Waals surface area contributed by atoms with Crippen LogP contribution in [0.1, 0.15) is 28.8 Å². The van der Waals surface area contributed by atoms with Gasteiger partial charge in [-0.3, -0.25) is 4.79 Å². The Morgan fingerprint density at radius 3 is 2.50 bits per heavy atom. The highest BCUT2D eigenvalue weighted by atomic mass is 79.9. The van der Waals surface area contributed by atoms with E-state index in [-0.39, 0.29) is 5.56 Å². The summed E-state index contributed by atoms with van der Waals surface area (Å²) in [7, 11) is 1.55. The van der Waals surface area contributed by atoms with Crippen molar-refractivity contribution >= 4 is 21.8 Å². The third kappa shape index (κ3) is 3.34. The highest BCUT2D eigenvalue weighted by molar-refractivity contribution is 9.09. The minimum atomic E-state index is -4.51. The molecule has 2 nitrogen and oxygen atoms in total. The molecule has 1 aliphatic carbocycles. The number of benzene rings is 1. The Morgan fingerprint density at radius 2 is 1.95 bits per heavy atom. The summed E-state index contributed by atoms with van der Waals surface area (Å²) in [6.45, 7) is 0.493. The van der Waals surface area contributed by atoms with E-state index in [0.717, 1.165) is 18.9 Å². The van der Waals surface area contributed by atoms with Gasteiger partial charge in [0.15, 0.2) is 0 Å². The molecule has 0 bridgehead atoms. The molecule has 1 aromatic rings. The van der Waals surface area contributed by atoms with Gasteiger partial charge in [0.1, 0.15) is 0 Å². The lowest BCUT2D eigenvalue weighted by Gasteiger charge is -2.34. The van der Waals surface area contributed by atoms with Crippen molar-refractivity contribution < 1.29 is 18.0 Å². The Morgan fingerprint density at radius 1 is 1.35 bits per heavy atom. The van der Waals surface area contributed by atoms with Crippen LogP contribution in [0.15, 0.2) is 24.3 Å². The van der Waals surface area contributed by atoms with Crippen LogP contribution >= 0.6 is 15.9 Å². The molecule has 2 rings (SSSR count). The Bertz CT molecular complexity index is 497. The largest absolute Gasteiger partial charge is 0.417 e. The molecule has 1 aliphatic rings. The van der Waals surface area contributed by atoms with Gasteiger partial charge in [-0.15, -0.1) is 0 Å². The van der Waals surface area contributed by atoms with Crippen LogP contribution in [0, 0.1) is 5.92 Å². The molecular formula is C14H15BrF3NO. The maximum atomic E-state index is 12.9. The van der Waals surface area contributed by atoms with Crippen molar-refractivity contribution in [3.63, 3.8) is 0 Å². The number of hydrogen-bond donors (Lipinski definition) is 0. The van der Waals surface area contributed by atoms with Gasteiger partial charge in [-0.25, -0.2) is 0 Å². The predicted molar refractivity (Wildman–Crippen MR) is 73.8 cm³/mol. The SMILES string of the molecule is CN(CC1CC(Br)C1)C(=O)c1ccccc1C(F)(F)F. The number of hydrogen-bond acceptors (Lipinski definition) is 1. The van der Waals surface area contributed by atoms with Crippen molar-refractivity contribution in [2.75, 3.05) is 13.6 Å². The van der Waals surface area contributed by atoms with E-state index in [1.807, 2.05) is 0 Å². The Kier molecular flexibility index (Phi) is 4.42. The molecule has 6 heteroatoms. The molecule has 0 radical (unpaired) electrons. The fraction of sp³-hybridized carbons (Fsp3) is 0.500. The van der Waals surface area contributed by atoms with Crippen LogP contribution < -0.4 is 0 Å². The molecule has 1 aromatic carbocycles. The van der Waals surface area contributed by atoms with Crippen molar-refractivity contribution in [3.8, 4) is 0 Å². The maximum Gasteiger partial charge on any atom is 0.417 e. The molecule has 0 spiro atoms. The van der Waals surface area contributed by atoms with Crippen LogP contribution in [0.3, 0.4) is 0 Å². The van der Waals surface area contributed by atoms with E-state index < -0.39 is 17.6 Å². The van der Waals surface area contributed by atoms with Crippen LogP contribution in [0.2, 0.25) is 0 Å². The van der Waals surface area contributed by atoms with Crippen LogP contribution in [-0.2, 0) is 6.18 Å². The van der Waals surface area contributed by atoms with Crippen LogP contribution in [-0.4, -0.2) is 29.2 Å². The van der Waals surface area contributed by atoms with Crippen molar-refractivity contribution in [2.24, 2.45) is 5.92 Å². The van der Waals surface area contributed by atoms with Crippen molar-refractivity contribution in [2.45, 2.75) is 23.8 Å². The zero-order valence-electron chi connectivity index (χ0n) is 11.0. The molecular weight excluding hydrogens is 335 g/mol. The summed E-state index contributed by atoms with van der Waals surface area (Å²) in [5.74, 6) is -0.206. The smallest absolute Gasteiger partial charge is 0.341 e. The lowest BCUT2D eigenvalue weighted by Crippen LogP contribution is -2.38. The summed E-state index contributed by atoms with van der Waals surface area (Å²) in [6.07, 6.45) is -2.60. The van der Waals surface area contributed by atoms with Crippen LogP contribution in [0.5, 0.6) is 0 Å². The zero-order valence-corrected chi connectivity index (χ0v) is 12.5. The summed E-state index contributed by atoms with van der Waals surface area (Å²) >= 11 is 3.46. The number of alkyl halides is 4. The molecule has 0 saturated heterocycles. The van der Waals surface area contributed by atoms with E-state index in [4.69, 9.17) is 0 Å². The second-order valence-corrected chi connectivity index (χ2v) is 6.46. The Hall–Kier alpha value is -1.04. The highest BCUT2D eigenvalue weighted by Crippen LogP contribution is 2.35. The van der Waals surface area contributed by atoms with Gasteiger partial charge in [-0.2, -0.15) is 13.2 Å². The molecule has 0 atom stereocenters. The molecule has 0 heterocycles. The molecule has 0 unspecified atom stereocenters. The van der Waals surface area contributed by atoms with Crippen LogP contribution in [0.4, 0.5) is 13.2 Å². The number of carbonyl (C=O) groups is 1. The number of nitrogens with zero attached hydrogens (tertiary/aromatic N) is 1. The first-order chi connectivity index (χ1) is 9.29. The second-order valence-electron chi connectivity index (χ2n) is 5.16. The molecule has 1 amide bonds. The van der Waals surface area contributed by atoms with Gasteiger partial charge < -0.3 is 4.90 Å². The van der Waals surface area contributed by atoms with Gasteiger partial charge >= 0.3 is 6.18 Å². The monoisotopic (exact) mass is 349 g/mol. The van der Waals surface area contributed by atoms with Crippen LogP contribution in [0.25, 0.3) is 0 Å². The van der Waals surface area contributed by atoms with E-state index >= 15 is 0 Å². The second kappa shape index (κ2) is 5.76. The lowest BCUT2D eigenvalue weighted by atomic mass is 9.85. The number of rotatable bonds is 3. The Balaban J connectivity index is 2.12. The fourth-order valence-corrected chi connectivity index (χ4v) is 3.45. The molecule has 1 saturated carbocycles. The predicted octanol–water partition coefficient (Wildman–Crippen LogP) is 3.95. The van der Waals surface area contributed by atoms with Gasteiger partial charge in [0.2, 0.25) is 0 Å². The minimum absolute atomic E-state index is 0.280. The average Bonchev–Trinajstić information content (AvgIpc) is 2.35. The van der Waals surface area contributed by atoms with E-state index in [1.54, 1.807) is 7.05 Å². The van der Waals surface area contributed by atoms with Gasteiger partial charge in [-0.05, 0) is 30.9 Å². The number of carbonyl (C=O) groups excluding carboxylic acids is 1. The number of halogens is 4. The first-order valence-corrected chi connectivity index (χ1v) is 7.26. The van der Waals surface area contributed by atoms with Gasteiger partial charge in [-0.1, -0.05) is 28.1 Å². The van der Waals surface area contributed by atoms with E-state index in [9.17, 15) is 18.0 Å². The third-order valence-electron chi connectivity index (χ3n) is 3.52. The number of amides is 1. The summed E-state index contributed by atoms with van der Waals surface area (Å²) in [5.41, 5.74) is -1.15. The summed E-state index contributed by atoms with van der Waals surface area (Å²) < 4.78 is 38.7. The molecule has 0 aliphatic heterocycles. The molecule has 110 valence electrons. The zero-order chi connectivity index (χ0) is 14.9. The van der Waals surface area contributed by atoms with Gasteiger partial charge in [0.25, 0.3) is 5.91 Å². The normalized spacial score (nSPS) is 22.2. The van der Waals surface area contributed by atoms with Gasteiger partial charge in [0.05, 0.1) is 11.1 Å². The fourth-order valence-electron chi connectivity index (χ4n) is 2.40. The first kappa shape index (κ1) is 15.4. The average molecular weight is 350 g/mol. The third-order valence-corrected chi connectivity index (χ3v) is 4.27. The van der Waals surface area contributed by atoms with Crippen molar-refractivity contribution in [1.29, 1.82) is 0 Å². The Labute approximate surface area is 124 Å². The summed E-state index contributed by atoms with van der Waals surface area (Å²) in [5, 5.41) is 0. The van der Waals surface area contributed by atoms with E-state index in [2.05, 4.69) is 15.9 Å². The lowest BCUT2D eigenvalue weighted by molar-refractivity contribution is -0.138. The molecule has 0 aromatic heterocycles. The standard InChI is InChI=1S/C14H15BrF3NO/c1-19(8-9-6-10(15)7-9)13(20)11-4-2-3-5-12(11)14(16,17)18/h2-5,9-10H,6-8H2,1H3. The first-order valence-electron chi connectivity index (χ1n) is 6.34. The van der Waals surface area contributed by atoms with Crippen molar-refractivity contribution in [3.05, 3.63) is 35.4 Å². The maximum absolute atomic E-state index is 12.9. The van der Waals surface area contributed by atoms with Gasteiger partial charge in [0, 0.05) is 18.4 Å². The quantitative estimate of drug-likeness (QED) is 0.756. The molecule has 1 fully saturated rings. The van der Waals surface area contributed by atoms with E-state index in [0.29, 0.717) is 17.3 Å². The topological polar surface area (TPSA) is 20.3 Å². The molecule has 0 N–H and O–H groups in total. The highest BCUT2D eigenvalue weighted by Gasteiger charge is 2.36. The molecule has 20 heavy (non-hydrogen) atoms. The van der Waals surface area contributed by atoms with Crippen molar-refractivity contribution in [1.82, 2.24) is 4.90 Å². The summed E-state index contributed by atoms with van der Waals surface area (Å²) in [6, 6.07) is 4.92. The van der Waals surface area contributed by atoms with E-state index in [1.165, 1.54) is 23.1 Å². The summed E-state index contributed by atoms with van der Waals surface area (Å²) in [4.78, 5) is 14.0.